The van der Waals surface area contributed by atoms with Gasteiger partial charge in [-0.3, -0.25) is 14.5 Å². The molecule has 1 aromatic rings. The molecule has 3 fully saturated rings. The van der Waals surface area contributed by atoms with Gasteiger partial charge in [-0.25, -0.2) is 9.18 Å². The first kappa shape index (κ1) is 20.4. The Morgan fingerprint density at radius 2 is 2.00 bits per heavy atom. The van der Waals surface area contributed by atoms with Crippen LogP contribution < -0.4 is 20.9 Å². The number of primary amides is 1. The van der Waals surface area contributed by atoms with Gasteiger partial charge in [-0.2, -0.15) is 0 Å². The number of carbonyl (C=O) groups excluding carboxylic acids is 3. The lowest BCUT2D eigenvalue weighted by Crippen LogP contribution is -2.33. The third-order valence-electron chi connectivity index (χ3n) is 6.08. The summed E-state index contributed by atoms with van der Waals surface area (Å²) in [6.07, 6.45) is -0.569. The molecule has 2 unspecified atom stereocenters. The molecule has 1 aromatic carbocycles. The molecule has 3 atom stereocenters. The molecule has 162 valence electrons. The zero-order valence-electron chi connectivity index (χ0n) is 16.4. The number of hydrogen-bond acceptors (Lipinski definition) is 6. The number of amides is 3. The van der Waals surface area contributed by atoms with Gasteiger partial charge in [0.25, 0.3) is 0 Å². The highest BCUT2D eigenvalue weighted by atomic mass is 19.1. The second kappa shape index (κ2) is 8.10. The molecule has 30 heavy (non-hydrogen) atoms. The number of ether oxygens (including phenoxy) is 1. The lowest BCUT2D eigenvalue weighted by atomic mass is 10.1. The van der Waals surface area contributed by atoms with E-state index in [1.165, 1.54) is 11.0 Å². The molecule has 3 amide bonds. The number of hydrogen-bond donors (Lipinski definition) is 3. The quantitative estimate of drug-likeness (QED) is 0.552. The maximum Gasteiger partial charge on any atom is 0.414 e. The summed E-state index contributed by atoms with van der Waals surface area (Å²) < 4.78 is 20.0. The van der Waals surface area contributed by atoms with Crippen molar-refractivity contribution in [3.63, 3.8) is 0 Å². The van der Waals surface area contributed by atoms with Crippen LogP contribution >= 0.6 is 0 Å². The van der Waals surface area contributed by atoms with Crippen LogP contribution in [0.15, 0.2) is 18.2 Å². The Bertz CT molecular complexity index is 854. The van der Waals surface area contributed by atoms with Crippen molar-refractivity contribution >= 4 is 29.3 Å². The molecule has 9 nitrogen and oxygen atoms in total. The molecule has 2 heterocycles. The molecule has 0 radical (unpaired) electrons. The van der Waals surface area contributed by atoms with Crippen molar-refractivity contribution in [2.24, 2.45) is 23.5 Å². The number of fused-ring (bicyclic) bond motifs is 1. The monoisotopic (exact) mass is 420 g/mol. The first-order chi connectivity index (χ1) is 14.4. The number of benzene rings is 1. The van der Waals surface area contributed by atoms with Crippen LogP contribution in [0.5, 0.6) is 0 Å². The Balaban J connectivity index is 1.36. The van der Waals surface area contributed by atoms with E-state index in [0.717, 1.165) is 0 Å². The van der Waals surface area contributed by atoms with E-state index < -0.39 is 23.9 Å². The van der Waals surface area contributed by atoms with Gasteiger partial charge in [0.1, 0.15) is 11.9 Å². The Kier molecular flexibility index (Phi) is 5.50. The minimum absolute atomic E-state index is 0.0482. The number of halogens is 1. The summed E-state index contributed by atoms with van der Waals surface area (Å²) in [4.78, 5) is 38.3. The summed E-state index contributed by atoms with van der Waals surface area (Å²) in [5.41, 5.74) is 5.97. The summed E-state index contributed by atoms with van der Waals surface area (Å²) in [6.45, 7) is 1.59. The third-order valence-corrected chi connectivity index (χ3v) is 6.08. The fourth-order valence-corrected chi connectivity index (χ4v) is 4.52. The van der Waals surface area contributed by atoms with Crippen molar-refractivity contribution in [3.8, 4) is 0 Å². The Morgan fingerprint density at radius 1 is 1.27 bits per heavy atom. The summed E-state index contributed by atoms with van der Waals surface area (Å²) in [7, 11) is 0. The fraction of sp³-hybridized carbons (Fsp3) is 0.550. The molecular weight excluding hydrogens is 395 g/mol. The Labute approximate surface area is 172 Å². The van der Waals surface area contributed by atoms with Crippen molar-refractivity contribution in [3.05, 3.63) is 24.0 Å². The normalized spacial score (nSPS) is 27.1. The van der Waals surface area contributed by atoms with Crippen molar-refractivity contribution in [2.75, 3.05) is 42.6 Å². The standard InChI is InChI=1S/C20H25FN4O5/c21-15-7-11(25-8-12(30-20(25)29)2-4-17(22)27)1-3-16(15)24-9-13-14(10-24)18(13)19(28)23-5-6-26/h1,3,7,12-14,18,26H,2,4-6,8-10H2,(H2,22,27)(H,23,28)/t12-,13?,14?,18?/m0/s1. The van der Waals surface area contributed by atoms with Crippen LogP contribution in [0.25, 0.3) is 0 Å². The number of nitrogens with zero attached hydrogens (tertiary/aromatic N) is 2. The predicted octanol–water partition coefficient (Wildman–Crippen LogP) is 0.207. The van der Waals surface area contributed by atoms with Crippen LogP contribution in [-0.4, -0.2) is 61.9 Å². The molecule has 0 spiro atoms. The molecule has 1 aliphatic carbocycles. The van der Waals surface area contributed by atoms with Crippen LogP contribution in [0.4, 0.5) is 20.6 Å². The van der Waals surface area contributed by atoms with Gasteiger partial charge >= 0.3 is 6.09 Å². The number of cyclic esters (lactones) is 1. The molecule has 2 saturated heterocycles. The molecule has 10 heteroatoms. The number of aliphatic hydroxyl groups is 1. The van der Waals surface area contributed by atoms with Gasteiger partial charge < -0.3 is 25.8 Å². The smallest absolute Gasteiger partial charge is 0.414 e. The highest BCUT2D eigenvalue weighted by molar-refractivity contribution is 5.90. The highest BCUT2D eigenvalue weighted by Gasteiger charge is 2.59. The number of rotatable bonds is 8. The van der Waals surface area contributed by atoms with Crippen LogP contribution in [-0.2, 0) is 14.3 Å². The average molecular weight is 420 g/mol. The second-order valence-electron chi connectivity index (χ2n) is 8.03. The van der Waals surface area contributed by atoms with Gasteiger partial charge in [0.15, 0.2) is 0 Å². The summed E-state index contributed by atoms with van der Waals surface area (Å²) in [5.74, 6) is -0.621. The minimum Gasteiger partial charge on any atom is -0.444 e. The van der Waals surface area contributed by atoms with Gasteiger partial charge in [0.2, 0.25) is 11.8 Å². The second-order valence-corrected chi connectivity index (χ2v) is 8.03. The fourth-order valence-electron chi connectivity index (χ4n) is 4.52. The molecule has 3 aliphatic rings. The number of carbonyl (C=O) groups is 3. The Hall–Kier alpha value is -2.88. The lowest BCUT2D eigenvalue weighted by molar-refractivity contribution is -0.123. The first-order valence-corrected chi connectivity index (χ1v) is 10.1. The molecular formula is C20H25FN4O5. The van der Waals surface area contributed by atoms with Crippen LogP contribution in [0.1, 0.15) is 12.8 Å². The number of nitrogens with two attached hydrogens (primary N) is 1. The molecule has 4 N–H and O–H groups in total. The SMILES string of the molecule is NC(=O)CC[C@H]1CN(c2ccc(N3CC4C(C3)C4C(=O)NCCO)c(F)c2)C(=O)O1. The van der Waals surface area contributed by atoms with E-state index in [4.69, 9.17) is 15.6 Å². The topological polar surface area (TPSA) is 125 Å². The van der Waals surface area contributed by atoms with E-state index in [-0.39, 0.29) is 49.8 Å². The summed E-state index contributed by atoms with van der Waals surface area (Å²) in [5, 5.41) is 11.5. The van der Waals surface area contributed by atoms with E-state index in [1.54, 1.807) is 12.1 Å². The molecule has 0 aromatic heterocycles. The molecule has 2 aliphatic heterocycles. The van der Waals surface area contributed by atoms with E-state index in [9.17, 15) is 18.8 Å². The molecule has 0 bridgehead atoms. The predicted molar refractivity (Wildman–Crippen MR) is 105 cm³/mol. The van der Waals surface area contributed by atoms with E-state index >= 15 is 0 Å². The lowest BCUT2D eigenvalue weighted by Gasteiger charge is -2.23. The van der Waals surface area contributed by atoms with E-state index in [2.05, 4.69) is 5.32 Å². The van der Waals surface area contributed by atoms with Crippen LogP contribution in [0, 0.1) is 23.6 Å². The number of nitrogens with one attached hydrogen (secondary N) is 1. The van der Waals surface area contributed by atoms with Crippen molar-refractivity contribution in [2.45, 2.75) is 18.9 Å². The van der Waals surface area contributed by atoms with Crippen molar-refractivity contribution < 1.29 is 28.6 Å². The third kappa shape index (κ3) is 3.91. The maximum atomic E-state index is 14.8. The van der Waals surface area contributed by atoms with Crippen LogP contribution in [0.2, 0.25) is 0 Å². The van der Waals surface area contributed by atoms with Crippen molar-refractivity contribution in [1.29, 1.82) is 0 Å². The zero-order chi connectivity index (χ0) is 21.4. The van der Waals surface area contributed by atoms with Gasteiger partial charge in [-0.1, -0.05) is 0 Å². The van der Waals surface area contributed by atoms with Gasteiger partial charge in [-0.05, 0) is 36.5 Å². The Morgan fingerprint density at radius 3 is 2.63 bits per heavy atom. The number of piperidine rings is 1. The highest BCUT2D eigenvalue weighted by Crippen LogP contribution is 2.53. The van der Waals surface area contributed by atoms with E-state index in [0.29, 0.717) is 30.9 Å². The van der Waals surface area contributed by atoms with Gasteiger partial charge in [0.05, 0.1) is 24.5 Å². The maximum absolute atomic E-state index is 14.8. The number of anilines is 2. The summed E-state index contributed by atoms with van der Waals surface area (Å²) in [6, 6.07) is 4.62. The van der Waals surface area contributed by atoms with E-state index in [1.807, 2.05) is 4.90 Å². The largest absolute Gasteiger partial charge is 0.444 e. The molecule has 1 saturated carbocycles. The zero-order valence-corrected chi connectivity index (χ0v) is 16.4. The minimum atomic E-state index is -0.573. The van der Waals surface area contributed by atoms with Gasteiger partial charge in [-0.15, -0.1) is 0 Å². The molecule has 4 rings (SSSR count). The summed E-state index contributed by atoms with van der Waals surface area (Å²) >= 11 is 0. The van der Waals surface area contributed by atoms with Crippen molar-refractivity contribution in [1.82, 2.24) is 5.32 Å². The number of aliphatic hydroxyl groups excluding tert-OH is 1. The average Bonchev–Trinajstić information content (AvgIpc) is 3.03. The van der Waals surface area contributed by atoms with Gasteiger partial charge in [0, 0.05) is 32.0 Å². The van der Waals surface area contributed by atoms with Crippen LogP contribution in [0.3, 0.4) is 0 Å². The first-order valence-electron chi connectivity index (χ1n) is 10.1.